The SMILES string of the molecule is C=C1c2ccccc2-c2cccc[n+]2CCc2ccc3c(oc4cc(C)c(C)cc43)c2-c2cccc[n+]21. The van der Waals surface area contributed by atoms with Crippen LogP contribution in [0, 0.1) is 13.8 Å². The van der Waals surface area contributed by atoms with E-state index >= 15 is 0 Å². The molecule has 3 nitrogen and oxygen atoms in total. The minimum absolute atomic E-state index is 0.862. The van der Waals surface area contributed by atoms with Gasteiger partial charge in [-0.1, -0.05) is 24.3 Å². The third-order valence-corrected chi connectivity index (χ3v) is 7.83. The van der Waals surface area contributed by atoms with Gasteiger partial charge in [0.1, 0.15) is 11.2 Å². The topological polar surface area (TPSA) is 20.9 Å². The molecule has 0 fully saturated rings. The van der Waals surface area contributed by atoms with Crippen molar-refractivity contribution in [3.05, 3.63) is 126 Å². The second kappa shape index (κ2) is 8.28. The van der Waals surface area contributed by atoms with Gasteiger partial charge in [0.05, 0.1) is 16.7 Å². The van der Waals surface area contributed by atoms with Gasteiger partial charge in [-0.15, -0.1) is 0 Å². The van der Waals surface area contributed by atoms with Crippen LogP contribution in [0.4, 0.5) is 0 Å². The van der Waals surface area contributed by atoms with Crippen molar-refractivity contribution in [3.63, 3.8) is 0 Å². The Morgan fingerprint density at radius 2 is 1.46 bits per heavy atom. The molecule has 0 unspecified atom stereocenters. The first kappa shape index (κ1) is 21.8. The second-order valence-electron chi connectivity index (χ2n) is 9.99. The summed E-state index contributed by atoms with van der Waals surface area (Å²) >= 11 is 0. The van der Waals surface area contributed by atoms with Crippen molar-refractivity contribution in [2.24, 2.45) is 0 Å². The highest BCUT2D eigenvalue weighted by Crippen LogP contribution is 2.39. The number of furan rings is 1. The van der Waals surface area contributed by atoms with Crippen molar-refractivity contribution in [1.29, 1.82) is 0 Å². The van der Waals surface area contributed by atoms with Crippen molar-refractivity contribution in [2.45, 2.75) is 26.8 Å². The van der Waals surface area contributed by atoms with Gasteiger partial charge in [0.15, 0.2) is 18.9 Å². The Hall–Kier alpha value is -4.50. The number of pyridine rings is 2. The van der Waals surface area contributed by atoms with E-state index in [1.807, 2.05) is 0 Å². The highest BCUT2D eigenvalue weighted by molar-refractivity contribution is 6.10. The summed E-state index contributed by atoms with van der Waals surface area (Å²) in [6.07, 6.45) is 5.18. The quantitative estimate of drug-likeness (QED) is 0.211. The molecule has 0 radical (unpaired) electrons. The number of nitrogens with zero attached hydrogens (tertiary/aromatic N) is 2. The average Bonchev–Trinajstić information content (AvgIpc) is 3.27. The van der Waals surface area contributed by atoms with Crippen LogP contribution in [0.1, 0.15) is 22.3 Å². The smallest absolute Gasteiger partial charge is 0.222 e. The average molecular weight is 481 g/mol. The summed E-state index contributed by atoms with van der Waals surface area (Å²) in [5, 5.41) is 2.32. The summed E-state index contributed by atoms with van der Waals surface area (Å²) in [5.74, 6) is 0. The van der Waals surface area contributed by atoms with Crippen LogP contribution < -0.4 is 9.13 Å². The summed E-state index contributed by atoms with van der Waals surface area (Å²) in [5.41, 5.74) is 12.3. The van der Waals surface area contributed by atoms with Crippen molar-refractivity contribution in [3.8, 4) is 22.5 Å². The van der Waals surface area contributed by atoms with E-state index in [9.17, 15) is 0 Å². The van der Waals surface area contributed by atoms with Crippen LogP contribution in [0.15, 0.2) is 108 Å². The predicted molar refractivity (Wildman–Crippen MR) is 149 cm³/mol. The highest BCUT2D eigenvalue weighted by Gasteiger charge is 2.29. The van der Waals surface area contributed by atoms with Crippen molar-refractivity contribution < 1.29 is 13.6 Å². The monoisotopic (exact) mass is 480 g/mol. The molecule has 37 heavy (non-hydrogen) atoms. The van der Waals surface area contributed by atoms with Gasteiger partial charge in [0.2, 0.25) is 17.1 Å². The Kier molecular flexibility index (Phi) is 4.87. The minimum atomic E-state index is 0.862. The summed E-state index contributed by atoms with van der Waals surface area (Å²) in [4.78, 5) is 0. The van der Waals surface area contributed by atoms with Gasteiger partial charge in [-0.05, 0) is 73.5 Å². The molecule has 0 atom stereocenters. The number of fused-ring (bicyclic) bond motifs is 10. The van der Waals surface area contributed by atoms with Crippen molar-refractivity contribution in [1.82, 2.24) is 0 Å². The zero-order valence-corrected chi connectivity index (χ0v) is 21.2. The molecule has 0 saturated carbocycles. The van der Waals surface area contributed by atoms with E-state index in [1.54, 1.807) is 0 Å². The molecule has 0 amide bonds. The summed E-state index contributed by atoms with van der Waals surface area (Å²) in [6.45, 7) is 9.79. The normalized spacial score (nSPS) is 13.0. The molecule has 0 N–H and O–H groups in total. The molecule has 1 aliphatic rings. The molecule has 3 aromatic carbocycles. The lowest BCUT2D eigenvalue weighted by molar-refractivity contribution is -0.685. The number of aromatic nitrogens is 2. The van der Waals surface area contributed by atoms with Crippen LogP contribution >= 0.6 is 0 Å². The first-order chi connectivity index (χ1) is 18.1. The highest BCUT2D eigenvalue weighted by atomic mass is 16.3. The molecule has 0 spiro atoms. The molecule has 1 aliphatic heterocycles. The van der Waals surface area contributed by atoms with Gasteiger partial charge in [0, 0.05) is 41.5 Å². The van der Waals surface area contributed by atoms with Gasteiger partial charge in [0.25, 0.3) is 0 Å². The summed E-state index contributed by atoms with van der Waals surface area (Å²) in [6, 6.07) is 30.3. The lowest BCUT2D eigenvalue weighted by Crippen LogP contribution is -2.37. The van der Waals surface area contributed by atoms with Crippen LogP contribution in [-0.2, 0) is 13.0 Å². The maximum Gasteiger partial charge on any atom is 0.222 e. The van der Waals surface area contributed by atoms with Crippen LogP contribution in [-0.4, -0.2) is 0 Å². The molecule has 178 valence electrons. The Labute approximate surface area is 216 Å². The number of hydrogen-bond acceptors (Lipinski definition) is 1. The molecule has 7 rings (SSSR count). The van der Waals surface area contributed by atoms with E-state index < -0.39 is 0 Å². The Balaban J connectivity index is 1.59. The van der Waals surface area contributed by atoms with Crippen LogP contribution in [0.2, 0.25) is 0 Å². The molecule has 0 aliphatic carbocycles. The van der Waals surface area contributed by atoms with Crippen LogP contribution in [0.3, 0.4) is 0 Å². The maximum atomic E-state index is 6.67. The van der Waals surface area contributed by atoms with Gasteiger partial charge < -0.3 is 4.42 Å². The fourth-order valence-corrected chi connectivity index (χ4v) is 5.75. The number of hydrogen-bond donors (Lipinski definition) is 0. The zero-order valence-electron chi connectivity index (χ0n) is 21.2. The molecular weight excluding hydrogens is 452 g/mol. The molecule has 6 aromatic rings. The van der Waals surface area contributed by atoms with Gasteiger partial charge in [-0.3, -0.25) is 0 Å². The third-order valence-electron chi connectivity index (χ3n) is 7.83. The third kappa shape index (κ3) is 3.35. The number of benzene rings is 3. The molecule has 0 saturated heterocycles. The second-order valence-corrected chi connectivity index (χ2v) is 9.99. The van der Waals surface area contributed by atoms with Gasteiger partial charge >= 0.3 is 0 Å². The molecule has 3 aromatic heterocycles. The van der Waals surface area contributed by atoms with Crippen molar-refractivity contribution >= 4 is 27.6 Å². The van der Waals surface area contributed by atoms with E-state index in [0.29, 0.717) is 0 Å². The Morgan fingerprint density at radius 3 is 2.32 bits per heavy atom. The standard InChI is InChI=1S/C34H28N2O/c1-22-20-29-28-15-14-25-16-19-35-17-8-6-12-30(35)27-11-5-4-10-26(27)24(3)36-18-9-7-13-31(36)33(25)34(28)37-32(29)21-23(22)2/h4-15,17-18,20-21H,3,16,19H2,1-2H3/q+2. The fraction of sp³-hybridized carbons (Fsp3) is 0.118. The lowest BCUT2D eigenvalue weighted by atomic mass is 9.96. The molecule has 4 heterocycles. The van der Waals surface area contributed by atoms with E-state index in [2.05, 4.69) is 127 Å². The lowest BCUT2D eigenvalue weighted by Gasteiger charge is -2.10. The first-order valence-electron chi connectivity index (χ1n) is 12.8. The number of aryl methyl sites for hydroxylation is 4. The Morgan fingerprint density at radius 1 is 0.730 bits per heavy atom. The van der Waals surface area contributed by atoms with Crippen LogP contribution in [0.25, 0.3) is 50.2 Å². The first-order valence-corrected chi connectivity index (χ1v) is 12.8. The van der Waals surface area contributed by atoms with E-state index in [1.165, 1.54) is 33.3 Å². The zero-order chi connectivity index (χ0) is 25.1. The number of rotatable bonds is 0. The van der Waals surface area contributed by atoms with Crippen LogP contribution in [0.5, 0.6) is 0 Å². The predicted octanol–water partition coefficient (Wildman–Crippen LogP) is 7.19. The molecule has 0 bridgehead atoms. The fourth-order valence-electron chi connectivity index (χ4n) is 5.75. The van der Waals surface area contributed by atoms with Gasteiger partial charge in [-0.25, -0.2) is 0 Å². The van der Waals surface area contributed by atoms with E-state index in [0.717, 1.165) is 52.0 Å². The molecule has 3 heteroatoms. The van der Waals surface area contributed by atoms with Gasteiger partial charge in [-0.2, -0.15) is 9.13 Å². The Bertz CT molecular complexity index is 1880. The molecular formula is C34H28N2O+2. The largest absolute Gasteiger partial charge is 0.455 e. The summed E-state index contributed by atoms with van der Waals surface area (Å²) < 4.78 is 11.2. The minimum Gasteiger partial charge on any atom is -0.455 e. The maximum absolute atomic E-state index is 6.67. The summed E-state index contributed by atoms with van der Waals surface area (Å²) in [7, 11) is 0. The van der Waals surface area contributed by atoms with E-state index in [4.69, 9.17) is 4.42 Å². The van der Waals surface area contributed by atoms with E-state index in [-0.39, 0.29) is 0 Å². The van der Waals surface area contributed by atoms with Crippen molar-refractivity contribution in [2.75, 3.05) is 0 Å².